The molecule has 3 rings (SSSR count). The van der Waals surface area contributed by atoms with E-state index in [0.29, 0.717) is 17.8 Å². The number of hydrogen-bond acceptors (Lipinski definition) is 4. The third-order valence-electron chi connectivity index (χ3n) is 4.59. The van der Waals surface area contributed by atoms with Crippen molar-refractivity contribution in [3.63, 3.8) is 0 Å². The summed E-state index contributed by atoms with van der Waals surface area (Å²) in [6.07, 6.45) is 0. The Labute approximate surface area is 147 Å². The molecular weight excluding hydrogens is 316 g/mol. The van der Waals surface area contributed by atoms with E-state index in [2.05, 4.69) is 0 Å². The Bertz CT molecular complexity index is 812. The first kappa shape index (κ1) is 17.0. The van der Waals surface area contributed by atoms with Gasteiger partial charge in [-0.1, -0.05) is 32.0 Å². The molecule has 2 N–H and O–H groups in total. The Balaban J connectivity index is 1.93. The number of nitrogen functional groups attached to an aromatic ring is 1. The Hall–Kier alpha value is -2.82. The fourth-order valence-electron chi connectivity index (χ4n) is 3.30. The predicted molar refractivity (Wildman–Crippen MR) is 96.8 cm³/mol. The van der Waals surface area contributed by atoms with Crippen LogP contribution in [0.5, 0.6) is 0 Å². The monoisotopic (exact) mass is 338 g/mol. The third-order valence-corrected chi connectivity index (χ3v) is 4.59. The van der Waals surface area contributed by atoms with Crippen molar-refractivity contribution in [2.75, 3.05) is 12.8 Å². The van der Waals surface area contributed by atoms with Crippen molar-refractivity contribution in [3.05, 3.63) is 53.6 Å². The lowest BCUT2D eigenvalue weighted by atomic mass is 10.0. The van der Waals surface area contributed by atoms with E-state index < -0.39 is 6.04 Å². The highest BCUT2D eigenvalue weighted by atomic mass is 16.5. The summed E-state index contributed by atoms with van der Waals surface area (Å²) in [5, 5.41) is 0. The number of ether oxygens (including phenoxy) is 1. The molecule has 5 heteroatoms. The maximum atomic E-state index is 12.8. The smallest absolute Gasteiger partial charge is 0.328 e. The molecule has 1 aliphatic rings. The standard InChI is InChI=1S/C20H22N2O3/c1-12(2)18(20(24)25-3)22-11-15-10-14(6-9-17(15)19(22)23)13-4-7-16(21)8-5-13/h4-10,12,18H,11,21H2,1-3H3/t18-/m0/s1. The van der Waals surface area contributed by atoms with Crippen LogP contribution in [0.4, 0.5) is 5.69 Å². The number of benzene rings is 2. The van der Waals surface area contributed by atoms with Crippen LogP contribution in [0, 0.1) is 5.92 Å². The summed E-state index contributed by atoms with van der Waals surface area (Å²) in [6, 6.07) is 12.8. The van der Waals surface area contributed by atoms with Crippen LogP contribution in [0.2, 0.25) is 0 Å². The van der Waals surface area contributed by atoms with Crippen molar-refractivity contribution < 1.29 is 14.3 Å². The number of methoxy groups -OCH3 is 1. The first-order valence-corrected chi connectivity index (χ1v) is 8.30. The van der Waals surface area contributed by atoms with E-state index >= 15 is 0 Å². The number of carbonyl (C=O) groups is 2. The minimum Gasteiger partial charge on any atom is -0.467 e. The van der Waals surface area contributed by atoms with Gasteiger partial charge in [0.05, 0.1) is 7.11 Å². The molecule has 2 aromatic rings. The van der Waals surface area contributed by atoms with Gasteiger partial charge in [0.2, 0.25) is 0 Å². The molecule has 130 valence electrons. The van der Waals surface area contributed by atoms with Crippen molar-refractivity contribution in [1.82, 2.24) is 4.90 Å². The second kappa shape index (κ2) is 6.59. The average Bonchev–Trinajstić information content (AvgIpc) is 2.91. The van der Waals surface area contributed by atoms with Crippen molar-refractivity contribution in [2.45, 2.75) is 26.4 Å². The van der Waals surface area contributed by atoms with E-state index in [0.717, 1.165) is 16.7 Å². The SMILES string of the molecule is COC(=O)[C@H](C(C)C)N1Cc2cc(-c3ccc(N)cc3)ccc2C1=O. The molecule has 1 aliphatic heterocycles. The van der Waals surface area contributed by atoms with Gasteiger partial charge in [-0.25, -0.2) is 4.79 Å². The van der Waals surface area contributed by atoms with Crippen molar-refractivity contribution in [3.8, 4) is 11.1 Å². The molecule has 5 nitrogen and oxygen atoms in total. The van der Waals surface area contributed by atoms with E-state index in [9.17, 15) is 9.59 Å². The van der Waals surface area contributed by atoms with Crippen molar-refractivity contribution in [1.29, 1.82) is 0 Å². The Morgan fingerprint density at radius 3 is 2.36 bits per heavy atom. The number of carbonyl (C=O) groups excluding carboxylic acids is 2. The van der Waals surface area contributed by atoms with Crippen LogP contribution in [-0.4, -0.2) is 29.9 Å². The van der Waals surface area contributed by atoms with E-state index in [4.69, 9.17) is 10.5 Å². The molecule has 0 saturated heterocycles. The van der Waals surface area contributed by atoms with Crippen LogP contribution < -0.4 is 5.73 Å². The van der Waals surface area contributed by atoms with Gasteiger partial charge < -0.3 is 15.4 Å². The lowest BCUT2D eigenvalue weighted by molar-refractivity contribution is -0.147. The van der Waals surface area contributed by atoms with Gasteiger partial charge in [-0.2, -0.15) is 0 Å². The molecule has 0 saturated carbocycles. The van der Waals surface area contributed by atoms with E-state index in [1.165, 1.54) is 7.11 Å². The number of esters is 1. The van der Waals surface area contributed by atoms with Crippen molar-refractivity contribution in [2.24, 2.45) is 5.92 Å². The molecule has 1 amide bonds. The number of fused-ring (bicyclic) bond motifs is 1. The fourth-order valence-corrected chi connectivity index (χ4v) is 3.30. The lowest BCUT2D eigenvalue weighted by Gasteiger charge is -2.28. The number of rotatable bonds is 4. The number of nitrogens with two attached hydrogens (primary N) is 1. The van der Waals surface area contributed by atoms with Gasteiger partial charge in [0, 0.05) is 17.8 Å². The molecule has 0 bridgehead atoms. The van der Waals surface area contributed by atoms with Crippen LogP contribution in [0.3, 0.4) is 0 Å². The molecule has 0 spiro atoms. The Morgan fingerprint density at radius 2 is 1.76 bits per heavy atom. The average molecular weight is 338 g/mol. The minimum atomic E-state index is -0.579. The zero-order valence-corrected chi connectivity index (χ0v) is 14.7. The van der Waals surface area contributed by atoms with Gasteiger partial charge in [-0.05, 0) is 46.9 Å². The number of nitrogens with zero attached hydrogens (tertiary/aromatic N) is 1. The molecule has 1 atom stereocenters. The summed E-state index contributed by atoms with van der Waals surface area (Å²) in [5.74, 6) is -0.528. The number of amides is 1. The molecule has 0 radical (unpaired) electrons. The third kappa shape index (κ3) is 3.09. The summed E-state index contributed by atoms with van der Waals surface area (Å²) in [7, 11) is 1.35. The van der Waals surface area contributed by atoms with Crippen LogP contribution in [-0.2, 0) is 16.1 Å². The topological polar surface area (TPSA) is 72.6 Å². The number of hydrogen-bond donors (Lipinski definition) is 1. The molecule has 2 aromatic carbocycles. The second-order valence-corrected chi connectivity index (χ2v) is 6.64. The fraction of sp³-hybridized carbons (Fsp3) is 0.300. The molecule has 0 unspecified atom stereocenters. The lowest BCUT2D eigenvalue weighted by Crippen LogP contribution is -2.45. The first-order chi connectivity index (χ1) is 11.9. The van der Waals surface area contributed by atoms with Gasteiger partial charge >= 0.3 is 5.97 Å². The minimum absolute atomic E-state index is 0.0257. The second-order valence-electron chi connectivity index (χ2n) is 6.64. The van der Waals surface area contributed by atoms with Gasteiger partial charge in [-0.3, -0.25) is 4.79 Å². The van der Waals surface area contributed by atoms with Crippen LogP contribution in [0.1, 0.15) is 29.8 Å². The predicted octanol–water partition coefficient (Wildman–Crippen LogP) is 3.09. The molecule has 0 aromatic heterocycles. The van der Waals surface area contributed by atoms with E-state index in [-0.39, 0.29) is 17.8 Å². The van der Waals surface area contributed by atoms with Crippen LogP contribution in [0.25, 0.3) is 11.1 Å². The highest BCUT2D eigenvalue weighted by molar-refractivity contribution is 6.01. The highest BCUT2D eigenvalue weighted by Gasteiger charge is 2.38. The number of anilines is 1. The quantitative estimate of drug-likeness (QED) is 0.687. The summed E-state index contributed by atoms with van der Waals surface area (Å²) < 4.78 is 4.89. The normalized spacial score (nSPS) is 14.6. The molecule has 0 aliphatic carbocycles. The molecule has 25 heavy (non-hydrogen) atoms. The zero-order valence-electron chi connectivity index (χ0n) is 14.7. The van der Waals surface area contributed by atoms with Crippen molar-refractivity contribution >= 4 is 17.6 Å². The molecule has 0 fully saturated rings. The maximum Gasteiger partial charge on any atom is 0.328 e. The van der Waals surface area contributed by atoms with Crippen LogP contribution >= 0.6 is 0 Å². The summed E-state index contributed by atoms with van der Waals surface area (Å²) in [6.45, 7) is 4.24. The van der Waals surface area contributed by atoms with E-state index in [1.807, 2.05) is 56.3 Å². The Morgan fingerprint density at radius 1 is 1.12 bits per heavy atom. The van der Waals surface area contributed by atoms with Gasteiger partial charge in [0.1, 0.15) is 6.04 Å². The van der Waals surface area contributed by atoms with Gasteiger partial charge in [0.15, 0.2) is 0 Å². The zero-order chi connectivity index (χ0) is 18.1. The summed E-state index contributed by atoms with van der Waals surface area (Å²) >= 11 is 0. The maximum absolute atomic E-state index is 12.8. The van der Waals surface area contributed by atoms with E-state index in [1.54, 1.807) is 4.90 Å². The summed E-state index contributed by atoms with van der Waals surface area (Å²) in [4.78, 5) is 26.5. The van der Waals surface area contributed by atoms with Gasteiger partial charge in [0.25, 0.3) is 5.91 Å². The largest absolute Gasteiger partial charge is 0.467 e. The van der Waals surface area contributed by atoms with Crippen LogP contribution in [0.15, 0.2) is 42.5 Å². The summed E-state index contributed by atoms with van der Waals surface area (Å²) in [5.41, 5.74) is 10.1. The van der Waals surface area contributed by atoms with Gasteiger partial charge in [-0.15, -0.1) is 0 Å². The molecule has 1 heterocycles. The molecular formula is C20H22N2O3. The highest BCUT2D eigenvalue weighted by Crippen LogP contribution is 2.31. The first-order valence-electron chi connectivity index (χ1n) is 8.30. The Kier molecular flexibility index (Phi) is 4.49.